The van der Waals surface area contributed by atoms with Crippen molar-refractivity contribution >= 4 is 17.5 Å². The highest BCUT2D eigenvalue weighted by molar-refractivity contribution is 8.04. The predicted octanol–water partition coefficient (Wildman–Crippen LogP) is 5.18. The number of aliphatic hydroxyl groups excluding tert-OH is 1. The Morgan fingerprint density at radius 2 is 1.76 bits per heavy atom. The molecule has 1 unspecified atom stereocenters. The van der Waals surface area contributed by atoms with E-state index in [1.54, 1.807) is 18.2 Å². The number of nitrogens with zero attached hydrogens (tertiary/aromatic N) is 1. The average molecular weight is 349 g/mol. The molecule has 0 radical (unpaired) electrons. The van der Waals surface area contributed by atoms with Gasteiger partial charge in [0.25, 0.3) is 0 Å². The van der Waals surface area contributed by atoms with E-state index in [9.17, 15) is 15.2 Å². The number of carbonyl (C=O) groups is 1. The molecule has 1 aliphatic carbocycles. The molecule has 1 aliphatic rings. The fraction of sp³-hybridized carbons (Fsp3) is 0.238. The zero-order chi connectivity index (χ0) is 18.0. The SMILES string of the molecule is Cc1cccc(C)c1C1CC(=O)C(Sc2ccccc2C#N)=C(O)C1. The predicted molar refractivity (Wildman–Crippen MR) is 99.6 cm³/mol. The van der Waals surface area contributed by atoms with Crippen molar-refractivity contribution in [1.29, 1.82) is 5.26 Å². The van der Waals surface area contributed by atoms with Gasteiger partial charge in [-0.05, 0) is 48.6 Å². The molecule has 3 nitrogen and oxygen atoms in total. The second-order valence-electron chi connectivity index (χ2n) is 6.32. The van der Waals surface area contributed by atoms with Gasteiger partial charge in [0, 0.05) is 17.7 Å². The maximum absolute atomic E-state index is 12.7. The molecule has 1 atom stereocenters. The summed E-state index contributed by atoms with van der Waals surface area (Å²) >= 11 is 1.20. The maximum atomic E-state index is 12.7. The molecule has 2 aromatic carbocycles. The van der Waals surface area contributed by atoms with E-state index >= 15 is 0 Å². The van der Waals surface area contributed by atoms with Crippen LogP contribution in [0.5, 0.6) is 0 Å². The van der Waals surface area contributed by atoms with Crippen molar-refractivity contribution in [2.24, 2.45) is 0 Å². The highest BCUT2D eigenvalue weighted by atomic mass is 32.2. The highest BCUT2D eigenvalue weighted by Gasteiger charge is 2.31. The summed E-state index contributed by atoms with van der Waals surface area (Å²) in [5.74, 6) is 0.0695. The van der Waals surface area contributed by atoms with Crippen LogP contribution in [0.4, 0.5) is 0 Å². The Hall–Kier alpha value is -2.51. The highest BCUT2D eigenvalue weighted by Crippen LogP contribution is 2.42. The van der Waals surface area contributed by atoms with Crippen molar-refractivity contribution in [1.82, 2.24) is 0 Å². The Morgan fingerprint density at radius 1 is 1.08 bits per heavy atom. The molecule has 0 saturated carbocycles. The lowest BCUT2D eigenvalue weighted by Crippen LogP contribution is -2.18. The second-order valence-corrected chi connectivity index (χ2v) is 7.37. The van der Waals surface area contributed by atoms with Gasteiger partial charge in [-0.3, -0.25) is 4.79 Å². The van der Waals surface area contributed by atoms with Gasteiger partial charge in [0.1, 0.15) is 11.8 Å². The smallest absolute Gasteiger partial charge is 0.173 e. The van der Waals surface area contributed by atoms with E-state index in [2.05, 4.69) is 6.07 Å². The summed E-state index contributed by atoms with van der Waals surface area (Å²) in [6.45, 7) is 4.09. The minimum Gasteiger partial charge on any atom is -0.511 e. The fourth-order valence-corrected chi connectivity index (χ4v) is 4.41. The van der Waals surface area contributed by atoms with Crippen LogP contribution in [-0.4, -0.2) is 10.9 Å². The summed E-state index contributed by atoms with van der Waals surface area (Å²) in [4.78, 5) is 13.8. The van der Waals surface area contributed by atoms with Gasteiger partial charge in [0.05, 0.1) is 10.5 Å². The molecule has 0 bridgehead atoms. The Morgan fingerprint density at radius 3 is 2.40 bits per heavy atom. The first kappa shape index (κ1) is 17.3. The molecule has 25 heavy (non-hydrogen) atoms. The zero-order valence-corrected chi connectivity index (χ0v) is 15.1. The second kappa shape index (κ2) is 7.16. The Kier molecular flexibility index (Phi) is 4.96. The number of aryl methyl sites for hydroxylation is 2. The van der Waals surface area contributed by atoms with Crippen LogP contribution in [0.3, 0.4) is 0 Å². The molecule has 2 aromatic rings. The molecule has 0 heterocycles. The molecule has 0 fully saturated rings. The van der Waals surface area contributed by atoms with Crippen LogP contribution in [0.2, 0.25) is 0 Å². The first-order valence-corrected chi connectivity index (χ1v) is 9.01. The van der Waals surface area contributed by atoms with Gasteiger partial charge >= 0.3 is 0 Å². The van der Waals surface area contributed by atoms with E-state index in [0.717, 1.165) is 16.7 Å². The largest absolute Gasteiger partial charge is 0.511 e. The number of nitriles is 1. The molecule has 0 amide bonds. The van der Waals surface area contributed by atoms with Crippen molar-refractivity contribution < 1.29 is 9.90 Å². The molecule has 3 rings (SSSR count). The molecular formula is C21H19NO2S. The number of allylic oxidation sites excluding steroid dienone is 2. The van der Waals surface area contributed by atoms with Gasteiger partial charge in [0.2, 0.25) is 0 Å². The van der Waals surface area contributed by atoms with Crippen molar-refractivity contribution in [3.8, 4) is 6.07 Å². The molecule has 1 N–H and O–H groups in total. The number of ketones is 1. The van der Waals surface area contributed by atoms with Crippen LogP contribution >= 0.6 is 11.8 Å². The van der Waals surface area contributed by atoms with E-state index in [0.29, 0.717) is 28.2 Å². The molecule has 4 heteroatoms. The molecule has 0 spiro atoms. The molecule has 0 saturated heterocycles. The summed E-state index contributed by atoms with van der Waals surface area (Å²) in [5.41, 5.74) is 3.97. The van der Waals surface area contributed by atoms with Crippen LogP contribution in [0.15, 0.2) is 58.0 Å². The summed E-state index contributed by atoms with van der Waals surface area (Å²) in [5, 5.41) is 19.7. The minimum atomic E-state index is -0.0610. The lowest BCUT2D eigenvalue weighted by molar-refractivity contribution is -0.115. The van der Waals surface area contributed by atoms with Gasteiger partial charge < -0.3 is 5.11 Å². The number of thioether (sulfide) groups is 1. The monoisotopic (exact) mass is 349 g/mol. The quantitative estimate of drug-likeness (QED) is 0.829. The number of hydrogen-bond acceptors (Lipinski definition) is 4. The van der Waals surface area contributed by atoms with Crippen molar-refractivity contribution in [3.63, 3.8) is 0 Å². The van der Waals surface area contributed by atoms with Gasteiger partial charge in [-0.2, -0.15) is 5.26 Å². The van der Waals surface area contributed by atoms with Crippen molar-refractivity contribution in [3.05, 3.63) is 75.4 Å². The lowest BCUT2D eigenvalue weighted by atomic mass is 9.82. The van der Waals surface area contributed by atoms with Crippen LogP contribution in [0, 0.1) is 25.2 Å². The van der Waals surface area contributed by atoms with Crippen molar-refractivity contribution in [2.45, 2.75) is 37.5 Å². The third-order valence-electron chi connectivity index (χ3n) is 4.56. The van der Waals surface area contributed by atoms with Crippen LogP contribution < -0.4 is 0 Å². The van der Waals surface area contributed by atoms with Crippen LogP contribution in [0.1, 0.15) is 41.0 Å². The van der Waals surface area contributed by atoms with Crippen LogP contribution in [0.25, 0.3) is 0 Å². The van der Waals surface area contributed by atoms with E-state index in [1.165, 1.54) is 11.8 Å². The fourth-order valence-electron chi connectivity index (χ4n) is 3.42. The summed E-state index contributed by atoms with van der Waals surface area (Å²) < 4.78 is 0. The average Bonchev–Trinajstić information content (AvgIpc) is 2.58. The summed E-state index contributed by atoms with van der Waals surface area (Å²) in [7, 11) is 0. The van der Waals surface area contributed by atoms with Gasteiger partial charge in [-0.25, -0.2) is 0 Å². The number of benzene rings is 2. The third kappa shape index (κ3) is 3.47. The molecule has 126 valence electrons. The Balaban J connectivity index is 1.91. The van der Waals surface area contributed by atoms with Crippen molar-refractivity contribution in [2.75, 3.05) is 0 Å². The lowest BCUT2D eigenvalue weighted by Gasteiger charge is -2.26. The number of rotatable bonds is 3. The first-order valence-electron chi connectivity index (χ1n) is 8.19. The number of carbonyl (C=O) groups excluding carboxylic acids is 1. The van der Waals surface area contributed by atoms with E-state index in [4.69, 9.17) is 0 Å². The normalized spacial score (nSPS) is 17.5. The van der Waals surface area contributed by atoms with Crippen LogP contribution in [-0.2, 0) is 4.79 Å². The van der Waals surface area contributed by atoms with Gasteiger partial charge in [-0.1, -0.05) is 42.1 Å². The maximum Gasteiger partial charge on any atom is 0.173 e. The van der Waals surface area contributed by atoms with Gasteiger partial charge in [-0.15, -0.1) is 0 Å². The zero-order valence-electron chi connectivity index (χ0n) is 14.2. The number of aliphatic hydroxyl groups is 1. The third-order valence-corrected chi connectivity index (χ3v) is 5.80. The standard InChI is InChI=1S/C21H19NO2S/c1-13-6-5-7-14(2)20(13)16-10-17(23)21(18(24)11-16)25-19-9-4-3-8-15(19)12-22/h3-9,16,23H,10-11H2,1-2H3. The topological polar surface area (TPSA) is 61.1 Å². The summed E-state index contributed by atoms with van der Waals surface area (Å²) in [6, 6.07) is 15.4. The molecule has 0 aliphatic heterocycles. The van der Waals surface area contributed by atoms with E-state index in [-0.39, 0.29) is 17.5 Å². The van der Waals surface area contributed by atoms with Gasteiger partial charge in [0.15, 0.2) is 5.78 Å². The molecular weight excluding hydrogens is 330 g/mol. The number of hydrogen-bond donors (Lipinski definition) is 1. The Bertz CT molecular complexity index is 888. The Labute approximate surface area is 152 Å². The molecule has 0 aromatic heterocycles. The first-order chi connectivity index (χ1) is 12.0. The number of Topliss-reactive ketones (excluding diaryl/α,β-unsaturated/α-hetero) is 1. The van der Waals surface area contributed by atoms with E-state index < -0.39 is 0 Å². The van der Waals surface area contributed by atoms with E-state index in [1.807, 2.05) is 38.1 Å². The minimum absolute atomic E-state index is 0.00394. The summed E-state index contributed by atoms with van der Waals surface area (Å²) in [6.07, 6.45) is 0.835.